The van der Waals surface area contributed by atoms with Crippen molar-refractivity contribution in [1.29, 1.82) is 5.26 Å². The summed E-state index contributed by atoms with van der Waals surface area (Å²) in [5, 5.41) is 9.27. The number of nitrogens with zero attached hydrogens (tertiary/aromatic N) is 2. The SMILES string of the molecule is CC(=O)c1cnc(C)c(C#N)c1-c1ccccc1. The lowest BCUT2D eigenvalue weighted by Crippen LogP contribution is -2.02. The standard InChI is InChI=1S/C15H12N2O/c1-10-13(8-16)15(12-6-4-3-5-7-12)14(9-17-10)11(2)18/h3-7,9H,1-2H3. The zero-order valence-electron chi connectivity index (χ0n) is 10.3. The van der Waals surface area contributed by atoms with Gasteiger partial charge in [-0.05, 0) is 19.4 Å². The quantitative estimate of drug-likeness (QED) is 0.753. The van der Waals surface area contributed by atoms with Crippen LogP contribution in [0.15, 0.2) is 36.5 Å². The van der Waals surface area contributed by atoms with Gasteiger partial charge in [-0.15, -0.1) is 0 Å². The summed E-state index contributed by atoms with van der Waals surface area (Å²) in [6.45, 7) is 3.26. The summed E-state index contributed by atoms with van der Waals surface area (Å²) < 4.78 is 0. The fraction of sp³-hybridized carbons (Fsp3) is 0.133. The van der Waals surface area contributed by atoms with Gasteiger partial charge in [0.2, 0.25) is 0 Å². The monoisotopic (exact) mass is 236 g/mol. The van der Waals surface area contributed by atoms with Crippen LogP contribution >= 0.6 is 0 Å². The van der Waals surface area contributed by atoms with E-state index in [0.29, 0.717) is 22.4 Å². The molecule has 0 saturated heterocycles. The Balaban J connectivity index is 2.82. The molecule has 0 N–H and O–H groups in total. The highest BCUT2D eigenvalue weighted by Crippen LogP contribution is 2.28. The molecule has 88 valence electrons. The molecule has 0 saturated carbocycles. The molecule has 0 spiro atoms. The number of nitriles is 1. The first-order chi connectivity index (χ1) is 8.65. The van der Waals surface area contributed by atoms with Crippen LogP contribution in [0.2, 0.25) is 0 Å². The Morgan fingerprint density at radius 2 is 1.94 bits per heavy atom. The Morgan fingerprint density at radius 3 is 2.50 bits per heavy atom. The van der Waals surface area contributed by atoms with E-state index in [0.717, 1.165) is 5.56 Å². The number of aryl methyl sites for hydroxylation is 1. The number of pyridine rings is 1. The largest absolute Gasteiger partial charge is 0.294 e. The van der Waals surface area contributed by atoms with Gasteiger partial charge in [-0.2, -0.15) is 5.26 Å². The van der Waals surface area contributed by atoms with Gasteiger partial charge in [0.05, 0.1) is 11.3 Å². The van der Waals surface area contributed by atoms with E-state index >= 15 is 0 Å². The smallest absolute Gasteiger partial charge is 0.162 e. The van der Waals surface area contributed by atoms with E-state index in [-0.39, 0.29) is 5.78 Å². The van der Waals surface area contributed by atoms with E-state index in [1.807, 2.05) is 30.3 Å². The fourth-order valence-corrected chi connectivity index (χ4v) is 1.91. The molecule has 0 unspecified atom stereocenters. The second-order valence-corrected chi connectivity index (χ2v) is 4.04. The van der Waals surface area contributed by atoms with Crippen molar-refractivity contribution in [2.75, 3.05) is 0 Å². The molecule has 18 heavy (non-hydrogen) atoms. The van der Waals surface area contributed by atoms with Gasteiger partial charge in [-0.3, -0.25) is 9.78 Å². The molecular formula is C15H12N2O. The van der Waals surface area contributed by atoms with E-state index in [2.05, 4.69) is 11.1 Å². The van der Waals surface area contributed by atoms with E-state index in [9.17, 15) is 10.1 Å². The van der Waals surface area contributed by atoms with Crippen LogP contribution in [-0.4, -0.2) is 10.8 Å². The Kier molecular flexibility index (Phi) is 3.20. The first-order valence-corrected chi connectivity index (χ1v) is 5.61. The van der Waals surface area contributed by atoms with Crippen LogP contribution in [0.25, 0.3) is 11.1 Å². The number of hydrogen-bond acceptors (Lipinski definition) is 3. The topological polar surface area (TPSA) is 53.8 Å². The number of Topliss-reactive ketones (excluding diaryl/α,β-unsaturated/α-hetero) is 1. The highest BCUT2D eigenvalue weighted by Gasteiger charge is 2.16. The van der Waals surface area contributed by atoms with Crippen molar-refractivity contribution in [3.63, 3.8) is 0 Å². The predicted octanol–water partition coefficient (Wildman–Crippen LogP) is 3.13. The third-order valence-corrected chi connectivity index (χ3v) is 2.82. The van der Waals surface area contributed by atoms with Crippen LogP contribution in [0, 0.1) is 18.3 Å². The minimum absolute atomic E-state index is 0.0853. The number of carbonyl (C=O) groups is 1. The van der Waals surface area contributed by atoms with Crippen LogP contribution in [0.1, 0.15) is 28.5 Å². The van der Waals surface area contributed by atoms with Crippen molar-refractivity contribution in [3.05, 3.63) is 53.3 Å². The molecule has 0 aliphatic carbocycles. The maximum Gasteiger partial charge on any atom is 0.162 e. The van der Waals surface area contributed by atoms with Crippen molar-refractivity contribution >= 4 is 5.78 Å². The second kappa shape index (κ2) is 4.80. The molecule has 0 aliphatic heterocycles. The van der Waals surface area contributed by atoms with Gasteiger partial charge in [0, 0.05) is 17.3 Å². The zero-order chi connectivity index (χ0) is 13.1. The average Bonchev–Trinajstić information content (AvgIpc) is 2.39. The van der Waals surface area contributed by atoms with E-state index in [1.165, 1.54) is 6.92 Å². The lowest BCUT2D eigenvalue weighted by molar-refractivity contribution is 0.101. The second-order valence-electron chi connectivity index (χ2n) is 4.04. The molecule has 0 atom stereocenters. The summed E-state index contributed by atoms with van der Waals surface area (Å²) in [6.07, 6.45) is 1.54. The van der Waals surface area contributed by atoms with Crippen molar-refractivity contribution in [2.45, 2.75) is 13.8 Å². The highest BCUT2D eigenvalue weighted by atomic mass is 16.1. The number of carbonyl (C=O) groups excluding carboxylic acids is 1. The summed E-state index contributed by atoms with van der Waals surface area (Å²) in [7, 11) is 0. The lowest BCUT2D eigenvalue weighted by Gasteiger charge is -2.10. The number of ketones is 1. The molecule has 1 aromatic carbocycles. The molecule has 0 radical (unpaired) electrons. The summed E-state index contributed by atoms with van der Waals surface area (Å²) in [6, 6.07) is 11.6. The Hall–Kier alpha value is -2.47. The Labute approximate surface area is 106 Å². The van der Waals surface area contributed by atoms with Gasteiger partial charge in [0.1, 0.15) is 6.07 Å². The normalized spacial score (nSPS) is 9.83. The summed E-state index contributed by atoms with van der Waals surface area (Å²) in [4.78, 5) is 15.8. The zero-order valence-corrected chi connectivity index (χ0v) is 10.3. The molecule has 2 rings (SSSR count). The van der Waals surface area contributed by atoms with Crippen LogP contribution < -0.4 is 0 Å². The number of benzene rings is 1. The predicted molar refractivity (Wildman–Crippen MR) is 69.1 cm³/mol. The number of rotatable bonds is 2. The molecule has 0 aliphatic rings. The number of hydrogen-bond donors (Lipinski definition) is 0. The number of aromatic nitrogens is 1. The average molecular weight is 236 g/mol. The van der Waals surface area contributed by atoms with E-state index in [4.69, 9.17) is 0 Å². The van der Waals surface area contributed by atoms with Gasteiger partial charge in [-0.1, -0.05) is 30.3 Å². The first-order valence-electron chi connectivity index (χ1n) is 5.61. The minimum Gasteiger partial charge on any atom is -0.294 e. The third-order valence-electron chi connectivity index (χ3n) is 2.82. The lowest BCUT2D eigenvalue weighted by atomic mass is 9.94. The van der Waals surface area contributed by atoms with E-state index in [1.54, 1.807) is 13.1 Å². The third kappa shape index (κ3) is 2.01. The van der Waals surface area contributed by atoms with Gasteiger partial charge in [0.15, 0.2) is 5.78 Å². The highest BCUT2D eigenvalue weighted by molar-refractivity contribution is 6.01. The van der Waals surface area contributed by atoms with Gasteiger partial charge in [-0.25, -0.2) is 0 Å². The Bertz CT molecular complexity index is 640. The molecule has 0 amide bonds. The Morgan fingerprint density at radius 1 is 1.28 bits per heavy atom. The minimum atomic E-state index is -0.0853. The van der Waals surface area contributed by atoms with Crippen molar-refractivity contribution in [3.8, 4) is 17.2 Å². The molecule has 0 bridgehead atoms. The molecule has 3 heteroatoms. The van der Waals surface area contributed by atoms with Crippen LogP contribution in [-0.2, 0) is 0 Å². The summed E-state index contributed by atoms with van der Waals surface area (Å²) >= 11 is 0. The molecule has 1 heterocycles. The van der Waals surface area contributed by atoms with Crippen molar-refractivity contribution in [2.24, 2.45) is 0 Å². The fourth-order valence-electron chi connectivity index (χ4n) is 1.91. The van der Waals surface area contributed by atoms with Crippen LogP contribution in [0.3, 0.4) is 0 Å². The van der Waals surface area contributed by atoms with Crippen molar-refractivity contribution in [1.82, 2.24) is 4.98 Å². The van der Waals surface area contributed by atoms with Crippen LogP contribution in [0.4, 0.5) is 0 Å². The first kappa shape index (κ1) is 12.0. The van der Waals surface area contributed by atoms with E-state index < -0.39 is 0 Å². The maximum atomic E-state index is 11.7. The molecule has 0 fully saturated rings. The molecular weight excluding hydrogens is 224 g/mol. The molecule has 3 nitrogen and oxygen atoms in total. The summed E-state index contributed by atoms with van der Waals surface area (Å²) in [5.74, 6) is -0.0853. The molecule has 1 aromatic heterocycles. The maximum absolute atomic E-state index is 11.7. The van der Waals surface area contributed by atoms with Crippen molar-refractivity contribution < 1.29 is 4.79 Å². The summed E-state index contributed by atoms with van der Waals surface area (Å²) in [5.41, 5.74) is 3.14. The van der Waals surface area contributed by atoms with Gasteiger partial charge in [0.25, 0.3) is 0 Å². The van der Waals surface area contributed by atoms with Crippen LogP contribution in [0.5, 0.6) is 0 Å². The van der Waals surface area contributed by atoms with Gasteiger partial charge >= 0.3 is 0 Å². The van der Waals surface area contributed by atoms with Gasteiger partial charge < -0.3 is 0 Å². The molecule has 2 aromatic rings.